The third kappa shape index (κ3) is 3.55. The lowest BCUT2D eigenvalue weighted by Gasteiger charge is -2.20. The predicted molar refractivity (Wildman–Crippen MR) is 83.7 cm³/mol. The Balaban J connectivity index is 2.23. The summed E-state index contributed by atoms with van der Waals surface area (Å²) in [4.78, 5) is 23.7. The number of ether oxygens (including phenoxy) is 2. The van der Waals surface area contributed by atoms with Crippen LogP contribution >= 0.6 is 0 Å². The van der Waals surface area contributed by atoms with Gasteiger partial charge in [-0.05, 0) is 17.4 Å². The molecular weight excluding hydrogens is 282 g/mol. The summed E-state index contributed by atoms with van der Waals surface area (Å²) < 4.78 is 10.0. The van der Waals surface area contributed by atoms with Crippen LogP contribution in [-0.4, -0.2) is 25.2 Å². The second-order valence-corrected chi connectivity index (χ2v) is 5.26. The molecule has 1 atom stereocenters. The van der Waals surface area contributed by atoms with E-state index in [4.69, 9.17) is 4.74 Å². The monoisotopic (exact) mass is 301 g/mol. The minimum Gasteiger partial charge on any atom is -0.453 e. The van der Waals surface area contributed by atoms with E-state index in [1.54, 1.807) is 6.07 Å². The van der Waals surface area contributed by atoms with E-state index in [9.17, 15) is 9.59 Å². The van der Waals surface area contributed by atoms with Gasteiger partial charge in [-0.15, -0.1) is 0 Å². The maximum atomic E-state index is 12.4. The Hall–Kier alpha value is -2.56. The van der Waals surface area contributed by atoms with E-state index in [1.807, 2.05) is 50.2 Å². The summed E-state index contributed by atoms with van der Waals surface area (Å²) in [5, 5.41) is 4.33. The first-order valence-electron chi connectivity index (χ1n) is 7.07. The van der Waals surface area contributed by atoms with Crippen molar-refractivity contribution in [2.75, 3.05) is 7.11 Å². The molecule has 0 aromatic heterocycles. The molecule has 2 aromatic carbocycles. The molecule has 0 aliphatic carbocycles. The smallest absolute Gasteiger partial charge is 0.407 e. The summed E-state index contributed by atoms with van der Waals surface area (Å²) in [5.41, 5.74) is 0. The van der Waals surface area contributed by atoms with Crippen molar-refractivity contribution in [3.05, 3.63) is 42.5 Å². The van der Waals surface area contributed by atoms with Gasteiger partial charge < -0.3 is 14.8 Å². The van der Waals surface area contributed by atoms with Gasteiger partial charge in [-0.2, -0.15) is 0 Å². The third-order valence-electron chi connectivity index (χ3n) is 3.34. The van der Waals surface area contributed by atoms with Crippen molar-refractivity contribution < 1.29 is 19.1 Å². The van der Waals surface area contributed by atoms with Crippen LogP contribution in [0, 0.1) is 5.92 Å². The molecule has 0 heterocycles. The minimum atomic E-state index is -0.772. The van der Waals surface area contributed by atoms with Gasteiger partial charge in [0.2, 0.25) is 0 Å². The van der Waals surface area contributed by atoms with Crippen molar-refractivity contribution in [1.82, 2.24) is 5.32 Å². The third-order valence-corrected chi connectivity index (χ3v) is 3.34. The fourth-order valence-corrected chi connectivity index (χ4v) is 2.14. The lowest BCUT2D eigenvalue weighted by molar-refractivity contribution is -0.137. The number of esters is 1. The summed E-state index contributed by atoms with van der Waals surface area (Å²) in [6, 6.07) is 12.4. The number of nitrogens with one attached hydrogen (secondary N) is 1. The number of hydrogen-bond donors (Lipinski definition) is 1. The first kappa shape index (κ1) is 15.8. The quantitative estimate of drug-likeness (QED) is 0.696. The molecule has 116 valence electrons. The fourth-order valence-electron chi connectivity index (χ4n) is 2.14. The average molecular weight is 301 g/mol. The molecule has 0 radical (unpaired) electrons. The van der Waals surface area contributed by atoms with E-state index in [0.717, 1.165) is 10.8 Å². The normalized spacial score (nSPS) is 12.0. The van der Waals surface area contributed by atoms with Crippen molar-refractivity contribution in [2.45, 2.75) is 19.9 Å². The summed E-state index contributed by atoms with van der Waals surface area (Å²) in [6.07, 6.45) is -0.659. The lowest BCUT2D eigenvalue weighted by Crippen LogP contribution is -2.46. The van der Waals surface area contributed by atoms with Crippen LogP contribution in [0.5, 0.6) is 5.75 Å². The second-order valence-electron chi connectivity index (χ2n) is 5.26. The van der Waals surface area contributed by atoms with E-state index in [1.165, 1.54) is 7.11 Å². The van der Waals surface area contributed by atoms with Crippen molar-refractivity contribution in [2.24, 2.45) is 5.92 Å². The Morgan fingerprint density at radius 2 is 1.73 bits per heavy atom. The molecule has 1 amide bonds. The first-order valence-corrected chi connectivity index (χ1v) is 7.07. The van der Waals surface area contributed by atoms with E-state index in [2.05, 4.69) is 10.1 Å². The van der Waals surface area contributed by atoms with Crippen molar-refractivity contribution in [1.29, 1.82) is 0 Å². The molecular formula is C17H19NO4. The zero-order valence-electron chi connectivity index (χ0n) is 12.8. The van der Waals surface area contributed by atoms with Gasteiger partial charge in [0.15, 0.2) is 0 Å². The van der Waals surface area contributed by atoms with Gasteiger partial charge in [-0.3, -0.25) is 0 Å². The number of rotatable bonds is 4. The zero-order valence-corrected chi connectivity index (χ0v) is 12.8. The molecule has 5 nitrogen and oxygen atoms in total. The van der Waals surface area contributed by atoms with Crippen LogP contribution in [0.3, 0.4) is 0 Å². The van der Waals surface area contributed by atoms with Gasteiger partial charge in [0.25, 0.3) is 0 Å². The summed E-state index contributed by atoms with van der Waals surface area (Å²) >= 11 is 0. The van der Waals surface area contributed by atoms with Crippen LogP contribution in [0.1, 0.15) is 13.8 Å². The molecule has 0 saturated heterocycles. The number of carbonyl (C=O) groups excluding carboxylic acids is 2. The molecule has 0 saturated carbocycles. The van der Waals surface area contributed by atoms with Gasteiger partial charge in [-0.25, -0.2) is 9.59 Å². The lowest BCUT2D eigenvalue weighted by atomic mass is 10.0. The van der Waals surface area contributed by atoms with Crippen molar-refractivity contribution >= 4 is 22.8 Å². The molecule has 0 aliphatic rings. The predicted octanol–water partition coefficient (Wildman–Crippen LogP) is 3.13. The SMILES string of the molecule is COC(=O)NC(C(=O)Oc1cccc2ccccc12)C(C)C. The summed E-state index contributed by atoms with van der Waals surface area (Å²) in [7, 11) is 1.25. The summed E-state index contributed by atoms with van der Waals surface area (Å²) in [6.45, 7) is 3.65. The van der Waals surface area contributed by atoms with Gasteiger partial charge >= 0.3 is 12.1 Å². The maximum absolute atomic E-state index is 12.4. The van der Waals surface area contributed by atoms with Crippen LogP contribution in [0.25, 0.3) is 10.8 Å². The van der Waals surface area contributed by atoms with Crippen LogP contribution in [-0.2, 0) is 9.53 Å². The number of carbonyl (C=O) groups is 2. The van der Waals surface area contributed by atoms with E-state index >= 15 is 0 Å². The molecule has 2 rings (SSSR count). The van der Waals surface area contributed by atoms with Crippen LogP contribution in [0.4, 0.5) is 4.79 Å². The standard InChI is InChI=1S/C17H19NO4/c1-11(2)15(18-17(20)21-3)16(19)22-14-10-6-8-12-7-4-5-9-13(12)14/h4-11,15H,1-3H3,(H,18,20). The molecule has 0 bridgehead atoms. The first-order chi connectivity index (χ1) is 10.5. The molecule has 1 N–H and O–H groups in total. The molecule has 0 spiro atoms. The second kappa shape index (κ2) is 6.93. The van der Waals surface area contributed by atoms with E-state index in [-0.39, 0.29) is 5.92 Å². The Morgan fingerprint density at radius 3 is 2.41 bits per heavy atom. The molecule has 5 heteroatoms. The largest absolute Gasteiger partial charge is 0.453 e. The minimum absolute atomic E-state index is 0.124. The molecule has 0 fully saturated rings. The fraction of sp³-hybridized carbons (Fsp3) is 0.294. The maximum Gasteiger partial charge on any atom is 0.407 e. The highest BCUT2D eigenvalue weighted by Crippen LogP contribution is 2.25. The number of fused-ring (bicyclic) bond motifs is 1. The zero-order chi connectivity index (χ0) is 16.1. The van der Waals surface area contributed by atoms with Gasteiger partial charge in [-0.1, -0.05) is 50.2 Å². The van der Waals surface area contributed by atoms with Gasteiger partial charge in [0, 0.05) is 5.39 Å². The Labute approximate surface area is 129 Å². The Bertz CT molecular complexity index is 676. The number of amides is 1. The van der Waals surface area contributed by atoms with Crippen LogP contribution in [0.15, 0.2) is 42.5 Å². The van der Waals surface area contributed by atoms with Gasteiger partial charge in [0.05, 0.1) is 7.11 Å². The highest BCUT2D eigenvalue weighted by molar-refractivity contribution is 5.91. The van der Waals surface area contributed by atoms with Crippen molar-refractivity contribution in [3.8, 4) is 5.75 Å². The number of hydrogen-bond acceptors (Lipinski definition) is 4. The van der Waals surface area contributed by atoms with Gasteiger partial charge in [0.1, 0.15) is 11.8 Å². The topological polar surface area (TPSA) is 64.6 Å². The number of alkyl carbamates (subject to hydrolysis) is 1. The highest BCUT2D eigenvalue weighted by atomic mass is 16.5. The van der Waals surface area contributed by atoms with Crippen LogP contribution in [0.2, 0.25) is 0 Å². The molecule has 22 heavy (non-hydrogen) atoms. The number of benzene rings is 2. The highest BCUT2D eigenvalue weighted by Gasteiger charge is 2.26. The van der Waals surface area contributed by atoms with E-state index in [0.29, 0.717) is 5.75 Å². The number of methoxy groups -OCH3 is 1. The summed E-state index contributed by atoms with van der Waals surface area (Å²) in [5.74, 6) is -0.168. The molecule has 0 aliphatic heterocycles. The Kier molecular flexibility index (Phi) is 4.99. The van der Waals surface area contributed by atoms with Crippen LogP contribution < -0.4 is 10.1 Å². The van der Waals surface area contributed by atoms with Crippen molar-refractivity contribution in [3.63, 3.8) is 0 Å². The molecule has 1 unspecified atom stereocenters. The van der Waals surface area contributed by atoms with E-state index < -0.39 is 18.1 Å². The Morgan fingerprint density at radius 1 is 1.05 bits per heavy atom. The molecule has 2 aromatic rings. The average Bonchev–Trinajstić information content (AvgIpc) is 2.52.